The lowest BCUT2D eigenvalue weighted by atomic mass is 9.90. The van der Waals surface area contributed by atoms with Gasteiger partial charge in [-0.05, 0) is 32.0 Å². The normalized spacial score (nSPS) is 22.7. The summed E-state index contributed by atoms with van der Waals surface area (Å²) in [5, 5.41) is 9.25. The maximum atomic E-state index is 12.0. The van der Waals surface area contributed by atoms with Crippen LogP contribution in [0.2, 0.25) is 0 Å². The average Bonchev–Trinajstić information content (AvgIpc) is 2.82. The fraction of sp³-hybridized carbons (Fsp3) is 0.400. The number of likely N-dealkylation sites (tertiary alicyclic amines) is 1. The minimum atomic E-state index is -0.767. The zero-order chi connectivity index (χ0) is 15.0. The topological polar surface area (TPSA) is 74.9 Å². The maximum Gasteiger partial charge on any atom is 0.310 e. The van der Waals surface area contributed by atoms with Gasteiger partial charge in [0.15, 0.2) is 0 Å². The lowest BCUT2D eigenvalue weighted by Gasteiger charge is -2.19. The van der Waals surface area contributed by atoms with E-state index in [4.69, 9.17) is 0 Å². The van der Waals surface area contributed by atoms with Gasteiger partial charge in [0.2, 0.25) is 0 Å². The highest BCUT2D eigenvalue weighted by atomic mass is 16.4. The van der Waals surface area contributed by atoms with Crippen molar-refractivity contribution < 1.29 is 9.90 Å². The van der Waals surface area contributed by atoms with Crippen LogP contribution in [0.4, 0.5) is 0 Å². The zero-order valence-corrected chi connectivity index (χ0v) is 11.8. The zero-order valence-electron chi connectivity index (χ0n) is 11.8. The molecule has 6 heteroatoms. The lowest BCUT2D eigenvalue weighted by Crippen LogP contribution is -2.32. The molecule has 1 N–H and O–H groups in total. The first kappa shape index (κ1) is 13.8. The molecule has 1 fully saturated rings. The molecule has 110 valence electrons. The van der Waals surface area contributed by atoms with E-state index in [-0.39, 0.29) is 5.56 Å². The smallest absolute Gasteiger partial charge is 0.310 e. The predicted octanol–water partition coefficient (Wildman–Crippen LogP) is 0.991. The molecule has 1 aliphatic rings. The predicted molar refractivity (Wildman–Crippen MR) is 77.1 cm³/mol. The molecule has 0 amide bonds. The van der Waals surface area contributed by atoms with Crippen LogP contribution in [-0.2, 0) is 11.3 Å². The summed E-state index contributed by atoms with van der Waals surface area (Å²) < 4.78 is 1.49. The van der Waals surface area contributed by atoms with Gasteiger partial charge in [-0.25, -0.2) is 4.98 Å². The molecular weight excluding hydrogens is 270 g/mol. The second-order valence-electron chi connectivity index (χ2n) is 5.84. The molecule has 6 nitrogen and oxygen atoms in total. The third kappa shape index (κ3) is 2.54. The highest BCUT2D eigenvalue weighted by molar-refractivity contribution is 5.74. The summed E-state index contributed by atoms with van der Waals surface area (Å²) in [4.78, 5) is 29.8. The van der Waals surface area contributed by atoms with Crippen molar-refractivity contribution in [1.82, 2.24) is 14.3 Å². The first-order valence-electron chi connectivity index (χ1n) is 6.91. The number of hydrogen-bond acceptors (Lipinski definition) is 4. The molecule has 21 heavy (non-hydrogen) atoms. The van der Waals surface area contributed by atoms with Crippen LogP contribution >= 0.6 is 0 Å². The van der Waals surface area contributed by atoms with E-state index in [0.717, 1.165) is 0 Å². The molecule has 0 bridgehead atoms. The lowest BCUT2D eigenvalue weighted by molar-refractivity contribution is -0.147. The van der Waals surface area contributed by atoms with Crippen LogP contribution in [-0.4, -0.2) is 38.4 Å². The minimum absolute atomic E-state index is 0.115. The molecule has 1 aliphatic heterocycles. The van der Waals surface area contributed by atoms with Crippen molar-refractivity contribution in [2.75, 3.05) is 13.1 Å². The van der Waals surface area contributed by atoms with E-state index in [9.17, 15) is 14.7 Å². The van der Waals surface area contributed by atoms with Crippen molar-refractivity contribution in [2.24, 2.45) is 5.41 Å². The minimum Gasteiger partial charge on any atom is -0.481 e. The second-order valence-corrected chi connectivity index (χ2v) is 5.84. The summed E-state index contributed by atoms with van der Waals surface area (Å²) in [6.07, 6.45) is 2.31. The van der Waals surface area contributed by atoms with E-state index in [1.54, 1.807) is 25.3 Å². The molecule has 0 radical (unpaired) electrons. The fourth-order valence-electron chi connectivity index (χ4n) is 2.78. The Hall–Kier alpha value is -2.21. The Bertz CT molecular complexity index is 755. The Labute approximate surface area is 121 Å². The number of aromatic nitrogens is 2. The van der Waals surface area contributed by atoms with E-state index in [1.165, 1.54) is 10.5 Å². The van der Waals surface area contributed by atoms with Gasteiger partial charge in [0.05, 0.1) is 11.1 Å². The number of pyridine rings is 1. The summed E-state index contributed by atoms with van der Waals surface area (Å²) in [5.74, 6) is -0.767. The standard InChI is InChI=1S/C15H17N3O3/c1-15(14(20)21)5-7-17(10-15)9-11-8-13(19)18-6-3-2-4-12(18)16-11/h2-4,6,8H,5,7,9-10H2,1H3,(H,20,21). The van der Waals surface area contributed by atoms with Gasteiger partial charge in [-0.3, -0.25) is 18.9 Å². The van der Waals surface area contributed by atoms with Gasteiger partial charge < -0.3 is 5.11 Å². The van der Waals surface area contributed by atoms with Crippen molar-refractivity contribution >= 4 is 11.6 Å². The second kappa shape index (κ2) is 4.96. The number of hydrogen-bond donors (Lipinski definition) is 1. The summed E-state index contributed by atoms with van der Waals surface area (Å²) in [5.41, 5.74) is 0.475. The number of carboxylic acids is 1. The van der Waals surface area contributed by atoms with E-state index in [2.05, 4.69) is 4.98 Å². The van der Waals surface area contributed by atoms with Crippen molar-refractivity contribution in [1.29, 1.82) is 0 Å². The number of rotatable bonds is 3. The molecule has 1 saturated heterocycles. The van der Waals surface area contributed by atoms with Gasteiger partial charge in [0, 0.05) is 25.4 Å². The van der Waals surface area contributed by atoms with Crippen LogP contribution in [0.25, 0.3) is 5.65 Å². The Morgan fingerprint density at radius 3 is 3.00 bits per heavy atom. The number of fused-ring (bicyclic) bond motifs is 1. The Balaban J connectivity index is 1.83. The molecule has 0 aliphatic carbocycles. The first-order valence-corrected chi connectivity index (χ1v) is 6.91. The quantitative estimate of drug-likeness (QED) is 0.911. The Morgan fingerprint density at radius 2 is 2.29 bits per heavy atom. The number of nitrogens with zero attached hydrogens (tertiary/aromatic N) is 3. The molecular formula is C15H17N3O3. The summed E-state index contributed by atoms with van der Waals surface area (Å²) in [7, 11) is 0. The summed E-state index contributed by atoms with van der Waals surface area (Å²) in [6.45, 7) is 3.46. The van der Waals surface area contributed by atoms with Crippen molar-refractivity contribution in [3.05, 3.63) is 46.5 Å². The molecule has 0 saturated carbocycles. The maximum absolute atomic E-state index is 12.0. The molecule has 3 rings (SSSR count). The highest BCUT2D eigenvalue weighted by Crippen LogP contribution is 2.30. The molecule has 1 unspecified atom stereocenters. The monoisotopic (exact) mass is 287 g/mol. The van der Waals surface area contributed by atoms with Gasteiger partial charge in [-0.1, -0.05) is 6.07 Å². The summed E-state index contributed by atoms with van der Waals surface area (Å²) in [6, 6.07) is 6.93. The molecule has 0 spiro atoms. The van der Waals surface area contributed by atoms with Crippen LogP contribution < -0.4 is 5.56 Å². The van der Waals surface area contributed by atoms with E-state index < -0.39 is 11.4 Å². The van der Waals surface area contributed by atoms with Gasteiger partial charge >= 0.3 is 5.97 Å². The molecule has 2 aromatic heterocycles. The van der Waals surface area contributed by atoms with E-state index >= 15 is 0 Å². The van der Waals surface area contributed by atoms with E-state index in [0.29, 0.717) is 37.4 Å². The fourth-order valence-corrected chi connectivity index (χ4v) is 2.78. The van der Waals surface area contributed by atoms with Crippen molar-refractivity contribution in [3.8, 4) is 0 Å². The molecule has 2 aromatic rings. The number of aliphatic carboxylic acids is 1. The van der Waals surface area contributed by atoms with Crippen LogP contribution in [0.5, 0.6) is 0 Å². The van der Waals surface area contributed by atoms with Gasteiger partial charge in [-0.15, -0.1) is 0 Å². The first-order chi connectivity index (χ1) is 9.98. The largest absolute Gasteiger partial charge is 0.481 e. The van der Waals surface area contributed by atoms with Gasteiger partial charge in [0.25, 0.3) is 5.56 Å². The van der Waals surface area contributed by atoms with Crippen molar-refractivity contribution in [2.45, 2.75) is 19.9 Å². The molecule has 3 heterocycles. The Morgan fingerprint density at radius 1 is 1.48 bits per heavy atom. The summed E-state index contributed by atoms with van der Waals surface area (Å²) >= 11 is 0. The van der Waals surface area contributed by atoms with Crippen LogP contribution in [0.3, 0.4) is 0 Å². The van der Waals surface area contributed by atoms with Crippen LogP contribution in [0, 0.1) is 5.41 Å². The van der Waals surface area contributed by atoms with E-state index in [1.807, 2.05) is 11.0 Å². The van der Waals surface area contributed by atoms with Gasteiger partial charge in [0.1, 0.15) is 5.65 Å². The van der Waals surface area contributed by atoms with Gasteiger partial charge in [-0.2, -0.15) is 0 Å². The van der Waals surface area contributed by atoms with Crippen LogP contribution in [0.15, 0.2) is 35.3 Å². The SMILES string of the molecule is CC1(C(=O)O)CCN(Cc2cc(=O)n3ccccc3n2)C1. The van der Waals surface area contributed by atoms with Crippen LogP contribution in [0.1, 0.15) is 19.0 Å². The third-order valence-electron chi connectivity index (χ3n) is 4.08. The average molecular weight is 287 g/mol. The molecule has 1 atom stereocenters. The third-order valence-corrected chi connectivity index (χ3v) is 4.08. The number of carbonyl (C=O) groups is 1. The molecule has 0 aromatic carbocycles. The highest BCUT2D eigenvalue weighted by Gasteiger charge is 2.40. The number of carboxylic acid groups (broad SMARTS) is 1. The van der Waals surface area contributed by atoms with Crippen molar-refractivity contribution in [3.63, 3.8) is 0 Å². The Kier molecular flexibility index (Phi) is 3.25.